The molecule has 0 aliphatic rings. The van der Waals surface area contributed by atoms with Crippen LogP contribution in [0.2, 0.25) is 0 Å². The molecule has 0 atom stereocenters. The van der Waals surface area contributed by atoms with Crippen molar-refractivity contribution < 1.29 is 19.8 Å². The fourth-order valence-corrected chi connectivity index (χ4v) is 3.52. The number of amides is 1. The van der Waals surface area contributed by atoms with Gasteiger partial charge in [-0.3, -0.25) is 20.0 Å². The molecule has 2 heterocycles. The van der Waals surface area contributed by atoms with E-state index in [1.54, 1.807) is 42.7 Å². The summed E-state index contributed by atoms with van der Waals surface area (Å²) in [5.41, 5.74) is 9.87. The Labute approximate surface area is 196 Å². The number of methoxy groups -OCH3 is 1. The number of hydrogen-bond acceptors (Lipinski definition) is 7. The number of aliphatic hydroxyl groups is 1. The molecule has 4 N–H and O–H groups in total. The van der Waals surface area contributed by atoms with Crippen molar-refractivity contribution in [1.29, 1.82) is 0 Å². The summed E-state index contributed by atoms with van der Waals surface area (Å²) in [6.07, 6.45) is 3.15. The normalized spacial score (nSPS) is 10.4. The first-order chi connectivity index (χ1) is 16.5. The highest BCUT2D eigenvalue weighted by molar-refractivity contribution is 6.09. The van der Waals surface area contributed by atoms with Gasteiger partial charge in [0.1, 0.15) is 5.69 Å². The van der Waals surface area contributed by atoms with Crippen molar-refractivity contribution in [3.05, 3.63) is 83.7 Å². The highest BCUT2D eigenvalue weighted by Gasteiger charge is 2.21. The van der Waals surface area contributed by atoms with Crippen LogP contribution < -0.4 is 15.5 Å². The van der Waals surface area contributed by atoms with Crippen LogP contribution in [-0.2, 0) is 0 Å². The number of primary amides is 1. The molecule has 1 amide bonds. The second kappa shape index (κ2) is 10.0. The van der Waals surface area contributed by atoms with Crippen molar-refractivity contribution in [3.8, 4) is 28.8 Å². The Kier molecular flexibility index (Phi) is 6.69. The van der Waals surface area contributed by atoms with E-state index >= 15 is 0 Å². The molecular formula is C26H22N4O4. The van der Waals surface area contributed by atoms with E-state index in [9.17, 15) is 10.0 Å². The van der Waals surface area contributed by atoms with Crippen molar-refractivity contribution in [1.82, 2.24) is 9.97 Å². The van der Waals surface area contributed by atoms with E-state index in [4.69, 9.17) is 15.6 Å². The molecule has 0 aliphatic carbocycles. The van der Waals surface area contributed by atoms with E-state index in [0.29, 0.717) is 28.0 Å². The Balaban J connectivity index is 1.64. The number of hydroxylamine groups is 1. The first kappa shape index (κ1) is 22.7. The van der Waals surface area contributed by atoms with E-state index in [-0.39, 0.29) is 18.7 Å². The van der Waals surface area contributed by atoms with Crippen LogP contribution in [0.15, 0.2) is 67.0 Å². The van der Waals surface area contributed by atoms with Crippen LogP contribution in [0.3, 0.4) is 0 Å². The molecule has 2 aromatic heterocycles. The number of carbonyl (C=O) groups excluding carboxylic acids is 1. The minimum Gasteiger partial charge on any atom is -0.494 e. The fraction of sp³-hybridized carbons (Fsp3) is 0.115. The van der Waals surface area contributed by atoms with Crippen LogP contribution in [0, 0.1) is 11.8 Å². The first-order valence-electron chi connectivity index (χ1n) is 10.4. The van der Waals surface area contributed by atoms with Gasteiger partial charge < -0.3 is 15.6 Å². The predicted molar refractivity (Wildman–Crippen MR) is 129 cm³/mol. The van der Waals surface area contributed by atoms with Gasteiger partial charge in [0.15, 0.2) is 5.75 Å². The number of hydrogen-bond donors (Lipinski definition) is 3. The van der Waals surface area contributed by atoms with Crippen LogP contribution in [0.5, 0.6) is 5.75 Å². The number of carbonyl (C=O) groups is 1. The molecule has 0 radical (unpaired) electrons. The lowest BCUT2D eigenvalue weighted by Crippen LogP contribution is -2.21. The summed E-state index contributed by atoms with van der Waals surface area (Å²) in [6.45, 7) is -0.0122. The number of aromatic nitrogens is 2. The van der Waals surface area contributed by atoms with Crippen LogP contribution in [-0.4, -0.2) is 46.5 Å². The minimum atomic E-state index is -0.618. The monoisotopic (exact) mass is 454 g/mol. The van der Waals surface area contributed by atoms with Gasteiger partial charge in [0.05, 0.1) is 37.0 Å². The van der Waals surface area contributed by atoms with Crippen LogP contribution in [0.1, 0.15) is 21.5 Å². The van der Waals surface area contributed by atoms with E-state index in [2.05, 4.69) is 21.8 Å². The molecule has 0 spiro atoms. The van der Waals surface area contributed by atoms with Gasteiger partial charge in [0, 0.05) is 34.5 Å². The summed E-state index contributed by atoms with van der Waals surface area (Å²) in [5.74, 6) is 5.86. The van der Waals surface area contributed by atoms with Gasteiger partial charge in [-0.05, 0) is 42.5 Å². The molecule has 0 unspecified atom stereocenters. The molecule has 0 aliphatic heterocycles. The number of nitrogens with two attached hydrogens (primary N) is 1. The average molecular weight is 454 g/mol. The van der Waals surface area contributed by atoms with Crippen molar-refractivity contribution >= 4 is 22.5 Å². The number of pyridine rings is 2. The quantitative estimate of drug-likeness (QED) is 0.302. The summed E-state index contributed by atoms with van der Waals surface area (Å²) in [7, 11) is 1.47. The van der Waals surface area contributed by atoms with Crippen LogP contribution in [0.4, 0.5) is 5.69 Å². The molecule has 4 rings (SSSR count). The molecule has 0 saturated carbocycles. The smallest absolute Gasteiger partial charge is 0.253 e. The number of nitrogens with zero attached hydrogens (tertiary/aromatic N) is 3. The fourth-order valence-electron chi connectivity index (χ4n) is 3.52. The lowest BCUT2D eigenvalue weighted by Gasteiger charge is -2.15. The topological polar surface area (TPSA) is 122 Å². The Hall–Kier alpha value is -4.45. The Morgan fingerprint density at radius 1 is 1.06 bits per heavy atom. The van der Waals surface area contributed by atoms with Gasteiger partial charge in [-0.1, -0.05) is 24.0 Å². The summed E-state index contributed by atoms with van der Waals surface area (Å²) in [6, 6.07) is 16.2. The molecule has 170 valence electrons. The molecule has 34 heavy (non-hydrogen) atoms. The Morgan fingerprint density at radius 2 is 1.71 bits per heavy atom. The predicted octanol–water partition coefficient (Wildman–Crippen LogP) is 2.99. The van der Waals surface area contributed by atoms with Gasteiger partial charge in [-0.15, -0.1) is 0 Å². The maximum atomic E-state index is 12.2. The molecule has 4 aromatic rings. The van der Waals surface area contributed by atoms with Crippen molar-refractivity contribution in [2.75, 3.05) is 25.3 Å². The van der Waals surface area contributed by atoms with Crippen molar-refractivity contribution in [3.63, 3.8) is 0 Å². The highest BCUT2D eigenvalue weighted by Crippen LogP contribution is 2.35. The summed E-state index contributed by atoms with van der Waals surface area (Å²) in [4.78, 5) is 20.9. The maximum Gasteiger partial charge on any atom is 0.253 e. The first-order valence-corrected chi connectivity index (χ1v) is 10.4. The highest BCUT2D eigenvalue weighted by atomic mass is 16.5. The maximum absolute atomic E-state index is 12.2. The molecule has 2 aromatic carbocycles. The molecule has 0 fully saturated rings. The van der Waals surface area contributed by atoms with E-state index in [1.807, 2.05) is 24.3 Å². The van der Waals surface area contributed by atoms with Gasteiger partial charge >= 0.3 is 0 Å². The molecule has 8 heteroatoms. The van der Waals surface area contributed by atoms with E-state index in [1.165, 1.54) is 7.11 Å². The minimum absolute atomic E-state index is 0.131. The molecule has 0 bridgehead atoms. The number of anilines is 1. The third kappa shape index (κ3) is 4.66. The number of ether oxygens (including phenoxy) is 1. The zero-order valence-electron chi connectivity index (χ0n) is 18.4. The van der Waals surface area contributed by atoms with E-state index in [0.717, 1.165) is 21.8 Å². The zero-order valence-corrected chi connectivity index (χ0v) is 18.4. The Morgan fingerprint density at radius 3 is 2.29 bits per heavy atom. The SMILES string of the molecule is COc1c(-c2ccc(C#Cc3ccc(N(O)CCO)cc3)cc2)nc2ccncc2c1C(N)=O. The standard InChI is InChI=1S/C26H22N4O4/c1-34-25-23(26(27)32)21-16-28-13-12-22(21)29-24(25)19-8-4-17(5-9-19)2-3-18-6-10-20(11-7-18)30(33)14-15-31/h4-13,16,31,33H,14-15H2,1H3,(H2,27,32). The van der Waals surface area contributed by atoms with Crippen molar-refractivity contribution in [2.24, 2.45) is 5.73 Å². The zero-order chi connectivity index (χ0) is 24.1. The van der Waals surface area contributed by atoms with Crippen LogP contribution >= 0.6 is 0 Å². The van der Waals surface area contributed by atoms with E-state index < -0.39 is 5.91 Å². The summed E-state index contributed by atoms with van der Waals surface area (Å²) in [5, 5.41) is 20.2. The third-order valence-electron chi connectivity index (χ3n) is 5.18. The van der Waals surface area contributed by atoms with Crippen molar-refractivity contribution in [2.45, 2.75) is 0 Å². The second-order valence-electron chi connectivity index (χ2n) is 7.35. The summed E-state index contributed by atoms with van der Waals surface area (Å²) < 4.78 is 5.52. The largest absolute Gasteiger partial charge is 0.494 e. The number of rotatable bonds is 6. The van der Waals surface area contributed by atoms with Gasteiger partial charge in [-0.25, -0.2) is 4.98 Å². The van der Waals surface area contributed by atoms with Gasteiger partial charge in [0.2, 0.25) is 0 Å². The second-order valence-corrected chi connectivity index (χ2v) is 7.35. The molecule has 8 nitrogen and oxygen atoms in total. The third-order valence-corrected chi connectivity index (χ3v) is 5.18. The number of benzene rings is 2. The lowest BCUT2D eigenvalue weighted by molar-refractivity contribution is 0.0999. The molecular weight excluding hydrogens is 432 g/mol. The summed E-state index contributed by atoms with van der Waals surface area (Å²) >= 11 is 0. The number of aliphatic hydroxyl groups excluding tert-OH is 1. The number of fused-ring (bicyclic) bond motifs is 1. The Bertz CT molecular complexity index is 1390. The molecule has 0 saturated heterocycles. The average Bonchev–Trinajstić information content (AvgIpc) is 2.87. The lowest BCUT2D eigenvalue weighted by atomic mass is 10.0. The van der Waals surface area contributed by atoms with Crippen LogP contribution in [0.25, 0.3) is 22.2 Å². The van der Waals surface area contributed by atoms with Gasteiger partial charge in [-0.2, -0.15) is 0 Å². The van der Waals surface area contributed by atoms with Gasteiger partial charge in [0.25, 0.3) is 5.91 Å².